The first-order chi connectivity index (χ1) is 10.2. The van der Waals surface area contributed by atoms with Gasteiger partial charge in [0, 0.05) is 37.8 Å². The van der Waals surface area contributed by atoms with Crippen LogP contribution in [0.4, 0.5) is 0 Å². The van der Waals surface area contributed by atoms with Gasteiger partial charge in [-0.3, -0.25) is 4.90 Å². The fourth-order valence-electron chi connectivity index (χ4n) is 3.44. The summed E-state index contributed by atoms with van der Waals surface area (Å²) in [5, 5.41) is 3.72. The van der Waals surface area contributed by atoms with Gasteiger partial charge in [0.2, 0.25) is 0 Å². The number of piperazine rings is 1. The van der Waals surface area contributed by atoms with E-state index in [9.17, 15) is 0 Å². The van der Waals surface area contributed by atoms with Gasteiger partial charge in [0.15, 0.2) is 0 Å². The van der Waals surface area contributed by atoms with Gasteiger partial charge in [-0.05, 0) is 32.5 Å². The minimum atomic E-state index is 0.428. The van der Waals surface area contributed by atoms with E-state index in [1.807, 2.05) is 0 Å². The highest BCUT2D eigenvalue weighted by Crippen LogP contribution is 2.25. The van der Waals surface area contributed by atoms with E-state index in [1.165, 1.54) is 31.6 Å². The molecule has 21 heavy (non-hydrogen) atoms. The van der Waals surface area contributed by atoms with Crippen LogP contribution in [0, 0.1) is 0 Å². The molecule has 3 unspecified atom stereocenters. The van der Waals surface area contributed by atoms with E-state index >= 15 is 0 Å². The first-order valence-corrected chi connectivity index (χ1v) is 8.40. The Morgan fingerprint density at radius 3 is 2.48 bits per heavy atom. The predicted molar refractivity (Wildman–Crippen MR) is 90.6 cm³/mol. The zero-order valence-electron chi connectivity index (χ0n) is 14.0. The fraction of sp³-hybridized carbons (Fsp3) is 0.667. The standard InChI is InChI=1S/C18H31N3/c1-5-17(21-13-12-20(4)15(3)14-21)18(19-6-2)16-10-8-7-9-11-16/h7-11,15,17-19H,5-6,12-14H2,1-4H3. The van der Waals surface area contributed by atoms with Crippen LogP contribution in [-0.2, 0) is 0 Å². The van der Waals surface area contributed by atoms with Crippen molar-refractivity contribution >= 4 is 0 Å². The molecule has 2 rings (SSSR count). The molecule has 1 N–H and O–H groups in total. The van der Waals surface area contributed by atoms with Gasteiger partial charge < -0.3 is 10.2 Å². The van der Waals surface area contributed by atoms with Crippen molar-refractivity contribution in [1.82, 2.24) is 15.1 Å². The average molecular weight is 289 g/mol. The second kappa shape index (κ2) is 7.92. The molecule has 1 heterocycles. The number of likely N-dealkylation sites (N-methyl/N-ethyl adjacent to an activating group) is 2. The Kier molecular flexibility index (Phi) is 6.22. The lowest BCUT2D eigenvalue weighted by Crippen LogP contribution is -2.56. The molecule has 3 atom stereocenters. The molecule has 1 aliphatic heterocycles. The summed E-state index contributed by atoms with van der Waals surface area (Å²) in [6, 6.07) is 12.6. The molecule has 0 aliphatic carbocycles. The summed E-state index contributed by atoms with van der Waals surface area (Å²) in [6.45, 7) is 11.4. The maximum absolute atomic E-state index is 3.72. The maximum Gasteiger partial charge on any atom is 0.0477 e. The van der Waals surface area contributed by atoms with Crippen LogP contribution in [0.5, 0.6) is 0 Å². The third kappa shape index (κ3) is 4.06. The minimum Gasteiger partial charge on any atom is -0.309 e. The summed E-state index contributed by atoms with van der Waals surface area (Å²) < 4.78 is 0. The van der Waals surface area contributed by atoms with Crippen LogP contribution in [0.1, 0.15) is 38.8 Å². The highest BCUT2D eigenvalue weighted by molar-refractivity contribution is 5.21. The summed E-state index contributed by atoms with van der Waals surface area (Å²) in [4.78, 5) is 5.15. The number of hydrogen-bond acceptors (Lipinski definition) is 3. The molecular weight excluding hydrogens is 258 g/mol. The Hall–Kier alpha value is -0.900. The number of hydrogen-bond donors (Lipinski definition) is 1. The van der Waals surface area contributed by atoms with Crippen LogP contribution in [0.15, 0.2) is 30.3 Å². The smallest absolute Gasteiger partial charge is 0.0477 e. The second-order valence-electron chi connectivity index (χ2n) is 6.25. The topological polar surface area (TPSA) is 18.5 Å². The lowest BCUT2D eigenvalue weighted by atomic mass is 9.94. The lowest BCUT2D eigenvalue weighted by Gasteiger charge is -2.44. The molecule has 0 spiro atoms. The van der Waals surface area contributed by atoms with Crippen LogP contribution < -0.4 is 5.32 Å². The third-order valence-corrected chi connectivity index (χ3v) is 4.85. The molecule has 0 radical (unpaired) electrons. The van der Waals surface area contributed by atoms with Gasteiger partial charge in [0.05, 0.1) is 0 Å². The van der Waals surface area contributed by atoms with Crippen LogP contribution >= 0.6 is 0 Å². The molecule has 1 aromatic rings. The van der Waals surface area contributed by atoms with E-state index in [1.54, 1.807) is 0 Å². The van der Waals surface area contributed by atoms with Gasteiger partial charge >= 0.3 is 0 Å². The fourth-order valence-corrected chi connectivity index (χ4v) is 3.44. The van der Waals surface area contributed by atoms with Crippen LogP contribution in [0.3, 0.4) is 0 Å². The van der Waals surface area contributed by atoms with E-state index < -0.39 is 0 Å². The van der Waals surface area contributed by atoms with Crippen molar-refractivity contribution in [3.63, 3.8) is 0 Å². The van der Waals surface area contributed by atoms with Gasteiger partial charge in [-0.25, -0.2) is 0 Å². The average Bonchev–Trinajstić information content (AvgIpc) is 2.51. The number of rotatable bonds is 6. The molecule has 0 bridgehead atoms. The Bertz CT molecular complexity index is 406. The number of nitrogens with zero attached hydrogens (tertiary/aromatic N) is 2. The van der Waals surface area contributed by atoms with E-state index in [0.29, 0.717) is 18.1 Å². The molecule has 0 amide bonds. The van der Waals surface area contributed by atoms with Crippen molar-refractivity contribution in [2.45, 2.75) is 45.3 Å². The van der Waals surface area contributed by atoms with Gasteiger partial charge in [0.25, 0.3) is 0 Å². The first kappa shape index (κ1) is 16.5. The van der Waals surface area contributed by atoms with Crippen molar-refractivity contribution in [3.8, 4) is 0 Å². The summed E-state index contributed by atoms with van der Waals surface area (Å²) in [5.74, 6) is 0. The predicted octanol–water partition coefficient (Wildman–Crippen LogP) is 2.75. The van der Waals surface area contributed by atoms with Crippen molar-refractivity contribution < 1.29 is 0 Å². The quantitative estimate of drug-likeness (QED) is 0.869. The van der Waals surface area contributed by atoms with Crippen molar-refractivity contribution in [2.24, 2.45) is 0 Å². The van der Waals surface area contributed by atoms with Crippen molar-refractivity contribution in [1.29, 1.82) is 0 Å². The van der Waals surface area contributed by atoms with Crippen LogP contribution in [0.2, 0.25) is 0 Å². The van der Waals surface area contributed by atoms with Gasteiger partial charge in [0.1, 0.15) is 0 Å². The Balaban J connectivity index is 2.16. The molecule has 118 valence electrons. The van der Waals surface area contributed by atoms with E-state index in [0.717, 1.165) is 6.54 Å². The van der Waals surface area contributed by atoms with Crippen LogP contribution in [0.25, 0.3) is 0 Å². The molecule has 1 saturated heterocycles. The normalized spacial score (nSPS) is 23.9. The largest absolute Gasteiger partial charge is 0.309 e. The zero-order chi connectivity index (χ0) is 15.2. The molecular formula is C18H31N3. The van der Waals surface area contributed by atoms with Gasteiger partial charge in [-0.15, -0.1) is 0 Å². The summed E-state index contributed by atoms with van der Waals surface area (Å²) in [7, 11) is 2.24. The summed E-state index contributed by atoms with van der Waals surface area (Å²) in [6.07, 6.45) is 1.18. The van der Waals surface area contributed by atoms with E-state index in [4.69, 9.17) is 0 Å². The monoisotopic (exact) mass is 289 g/mol. The molecule has 0 saturated carbocycles. The number of benzene rings is 1. The summed E-state index contributed by atoms with van der Waals surface area (Å²) >= 11 is 0. The van der Waals surface area contributed by atoms with Gasteiger partial charge in [-0.1, -0.05) is 44.2 Å². The maximum atomic E-state index is 3.72. The molecule has 1 aromatic carbocycles. The van der Waals surface area contributed by atoms with Crippen molar-refractivity contribution in [2.75, 3.05) is 33.2 Å². The lowest BCUT2D eigenvalue weighted by molar-refractivity contribution is 0.0550. The Morgan fingerprint density at radius 2 is 1.90 bits per heavy atom. The summed E-state index contributed by atoms with van der Waals surface area (Å²) in [5.41, 5.74) is 1.41. The molecule has 1 aliphatic rings. The van der Waals surface area contributed by atoms with Gasteiger partial charge in [-0.2, -0.15) is 0 Å². The molecule has 3 nitrogen and oxygen atoms in total. The molecule has 1 fully saturated rings. The Morgan fingerprint density at radius 1 is 1.19 bits per heavy atom. The first-order valence-electron chi connectivity index (χ1n) is 8.40. The molecule has 3 heteroatoms. The number of nitrogens with one attached hydrogen (secondary N) is 1. The van der Waals surface area contributed by atoms with Crippen LogP contribution in [-0.4, -0.2) is 55.1 Å². The minimum absolute atomic E-state index is 0.428. The highest BCUT2D eigenvalue weighted by Gasteiger charge is 2.31. The van der Waals surface area contributed by atoms with E-state index in [2.05, 4.69) is 73.3 Å². The SMILES string of the molecule is CCNC(c1ccccc1)C(CC)N1CCN(C)C(C)C1. The second-order valence-corrected chi connectivity index (χ2v) is 6.25. The third-order valence-electron chi connectivity index (χ3n) is 4.85. The molecule has 0 aromatic heterocycles. The van der Waals surface area contributed by atoms with Crippen molar-refractivity contribution in [3.05, 3.63) is 35.9 Å². The highest BCUT2D eigenvalue weighted by atomic mass is 15.3. The Labute approximate surface area is 130 Å². The van der Waals surface area contributed by atoms with E-state index in [-0.39, 0.29) is 0 Å². The zero-order valence-corrected chi connectivity index (χ0v) is 14.0.